The fourth-order valence-electron chi connectivity index (χ4n) is 1.45. The van der Waals surface area contributed by atoms with Gasteiger partial charge >= 0.3 is 0 Å². The van der Waals surface area contributed by atoms with Crippen LogP contribution in [0.15, 0.2) is 51.7 Å². The summed E-state index contributed by atoms with van der Waals surface area (Å²) in [6.45, 7) is 0.880. The SMILES string of the molecule is O=C(CNCc1ccoc1)Nc1ccc(Br)cc1. The minimum Gasteiger partial charge on any atom is -0.472 e. The van der Waals surface area contributed by atoms with Gasteiger partial charge in [-0.3, -0.25) is 4.79 Å². The molecule has 18 heavy (non-hydrogen) atoms. The highest BCUT2D eigenvalue weighted by Gasteiger charge is 2.02. The first-order valence-corrected chi connectivity index (χ1v) is 6.30. The molecule has 0 aliphatic heterocycles. The normalized spacial score (nSPS) is 10.3. The Bertz CT molecular complexity index is 494. The molecule has 0 radical (unpaired) electrons. The van der Waals surface area contributed by atoms with Crippen LogP contribution in [0.4, 0.5) is 5.69 Å². The summed E-state index contributed by atoms with van der Waals surface area (Å²) in [7, 11) is 0. The molecule has 0 aliphatic carbocycles. The maximum absolute atomic E-state index is 11.6. The summed E-state index contributed by atoms with van der Waals surface area (Å²) in [6, 6.07) is 9.32. The van der Waals surface area contributed by atoms with Gasteiger partial charge in [-0.25, -0.2) is 0 Å². The summed E-state index contributed by atoms with van der Waals surface area (Å²) in [5, 5.41) is 5.84. The van der Waals surface area contributed by atoms with E-state index in [0.29, 0.717) is 6.54 Å². The highest BCUT2D eigenvalue weighted by Crippen LogP contribution is 2.13. The molecule has 5 heteroatoms. The van der Waals surface area contributed by atoms with Crippen molar-refractivity contribution in [3.8, 4) is 0 Å². The van der Waals surface area contributed by atoms with Gasteiger partial charge < -0.3 is 15.1 Å². The third-order valence-corrected chi connectivity index (χ3v) is 2.85. The number of furan rings is 1. The van der Waals surface area contributed by atoms with E-state index in [1.54, 1.807) is 12.5 Å². The molecule has 4 nitrogen and oxygen atoms in total. The van der Waals surface area contributed by atoms with E-state index in [1.807, 2.05) is 30.3 Å². The number of carbonyl (C=O) groups is 1. The Hall–Kier alpha value is -1.59. The molecule has 1 aromatic heterocycles. The molecule has 1 aromatic carbocycles. The fourth-order valence-corrected chi connectivity index (χ4v) is 1.72. The molecule has 0 bridgehead atoms. The molecule has 0 fully saturated rings. The van der Waals surface area contributed by atoms with E-state index in [9.17, 15) is 4.79 Å². The molecule has 0 saturated carbocycles. The topological polar surface area (TPSA) is 54.3 Å². The number of hydrogen-bond donors (Lipinski definition) is 2. The van der Waals surface area contributed by atoms with E-state index >= 15 is 0 Å². The molecule has 1 amide bonds. The second-order valence-corrected chi connectivity index (χ2v) is 4.71. The van der Waals surface area contributed by atoms with Gasteiger partial charge in [-0.05, 0) is 30.3 Å². The van der Waals surface area contributed by atoms with Crippen LogP contribution in [0.5, 0.6) is 0 Å². The first-order chi connectivity index (χ1) is 8.74. The number of anilines is 1. The van der Waals surface area contributed by atoms with Gasteiger partial charge in [-0.2, -0.15) is 0 Å². The molecule has 0 atom stereocenters. The Morgan fingerprint density at radius 3 is 2.67 bits per heavy atom. The van der Waals surface area contributed by atoms with Crippen LogP contribution in [0.2, 0.25) is 0 Å². The Balaban J connectivity index is 1.73. The molecule has 2 N–H and O–H groups in total. The van der Waals surface area contributed by atoms with Crippen LogP contribution in [-0.4, -0.2) is 12.5 Å². The number of benzene rings is 1. The molecule has 0 aliphatic rings. The summed E-state index contributed by atoms with van der Waals surface area (Å²) < 4.78 is 5.92. The van der Waals surface area contributed by atoms with E-state index in [2.05, 4.69) is 26.6 Å². The second kappa shape index (κ2) is 6.37. The van der Waals surface area contributed by atoms with Crippen molar-refractivity contribution in [1.29, 1.82) is 0 Å². The molecular formula is C13H13BrN2O2. The molecule has 2 aromatic rings. The minimum atomic E-state index is -0.0687. The highest BCUT2D eigenvalue weighted by atomic mass is 79.9. The third kappa shape index (κ3) is 4.01. The first kappa shape index (κ1) is 12.9. The number of carbonyl (C=O) groups excluding carboxylic acids is 1. The quantitative estimate of drug-likeness (QED) is 0.893. The van der Waals surface area contributed by atoms with Crippen molar-refractivity contribution in [2.24, 2.45) is 0 Å². The van der Waals surface area contributed by atoms with Crippen molar-refractivity contribution in [2.75, 3.05) is 11.9 Å². The lowest BCUT2D eigenvalue weighted by Gasteiger charge is -2.06. The Morgan fingerprint density at radius 1 is 1.22 bits per heavy atom. The molecule has 0 unspecified atom stereocenters. The molecule has 94 valence electrons. The lowest BCUT2D eigenvalue weighted by Crippen LogP contribution is -2.27. The van der Waals surface area contributed by atoms with Crippen molar-refractivity contribution in [2.45, 2.75) is 6.54 Å². The molecular weight excluding hydrogens is 296 g/mol. The van der Waals surface area contributed by atoms with Gasteiger partial charge in [0.1, 0.15) is 0 Å². The van der Waals surface area contributed by atoms with Crippen LogP contribution >= 0.6 is 15.9 Å². The summed E-state index contributed by atoms with van der Waals surface area (Å²) in [6.07, 6.45) is 3.26. The van der Waals surface area contributed by atoms with Crippen LogP contribution < -0.4 is 10.6 Å². The fraction of sp³-hybridized carbons (Fsp3) is 0.154. The summed E-state index contributed by atoms with van der Waals surface area (Å²) in [5.74, 6) is -0.0687. The predicted molar refractivity (Wildman–Crippen MR) is 73.2 cm³/mol. The maximum atomic E-state index is 11.6. The van der Waals surface area contributed by atoms with Crippen LogP contribution in [-0.2, 0) is 11.3 Å². The Kier molecular flexibility index (Phi) is 4.55. The third-order valence-electron chi connectivity index (χ3n) is 2.32. The second-order valence-electron chi connectivity index (χ2n) is 3.79. The van der Waals surface area contributed by atoms with E-state index in [0.717, 1.165) is 15.7 Å². The minimum absolute atomic E-state index is 0.0687. The van der Waals surface area contributed by atoms with Gasteiger partial charge in [-0.15, -0.1) is 0 Å². The lowest BCUT2D eigenvalue weighted by molar-refractivity contribution is -0.115. The van der Waals surface area contributed by atoms with Gasteiger partial charge in [0.2, 0.25) is 5.91 Å². The zero-order valence-electron chi connectivity index (χ0n) is 9.65. The zero-order chi connectivity index (χ0) is 12.8. The maximum Gasteiger partial charge on any atom is 0.238 e. The number of hydrogen-bond acceptors (Lipinski definition) is 3. The van der Waals surface area contributed by atoms with Crippen molar-refractivity contribution in [1.82, 2.24) is 5.32 Å². The predicted octanol–water partition coefficient (Wildman–Crippen LogP) is 2.77. The van der Waals surface area contributed by atoms with Gasteiger partial charge in [-0.1, -0.05) is 15.9 Å². The van der Waals surface area contributed by atoms with Gasteiger partial charge in [0.15, 0.2) is 0 Å². The van der Waals surface area contributed by atoms with Gasteiger partial charge in [0, 0.05) is 22.3 Å². The van der Waals surface area contributed by atoms with E-state index in [-0.39, 0.29) is 12.5 Å². The van der Waals surface area contributed by atoms with E-state index in [1.165, 1.54) is 0 Å². The molecule has 1 heterocycles. The lowest BCUT2D eigenvalue weighted by atomic mass is 10.3. The Morgan fingerprint density at radius 2 is 2.00 bits per heavy atom. The number of halogens is 1. The first-order valence-electron chi connectivity index (χ1n) is 5.51. The Labute approximate surface area is 114 Å². The van der Waals surface area contributed by atoms with Crippen LogP contribution in [0.25, 0.3) is 0 Å². The van der Waals surface area contributed by atoms with Crippen LogP contribution in [0.3, 0.4) is 0 Å². The number of nitrogens with one attached hydrogen (secondary N) is 2. The average molecular weight is 309 g/mol. The van der Waals surface area contributed by atoms with Gasteiger partial charge in [0.05, 0.1) is 19.1 Å². The molecule has 2 rings (SSSR count). The monoisotopic (exact) mass is 308 g/mol. The molecule has 0 spiro atoms. The summed E-state index contributed by atoms with van der Waals surface area (Å²) >= 11 is 3.34. The average Bonchev–Trinajstić information content (AvgIpc) is 2.85. The zero-order valence-corrected chi connectivity index (χ0v) is 11.2. The van der Waals surface area contributed by atoms with Crippen molar-refractivity contribution in [3.05, 3.63) is 52.9 Å². The highest BCUT2D eigenvalue weighted by molar-refractivity contribution is 9.10. The van der Waals surface area contributed by atoms with Gasteiger partial charge in [0.25, 0.3) is 0 Å². The van der Waals surface area contributed by atoms with E-state index in [4.69, 9.17) is 4.42 Å². The van der Waals surface area contributed by atoms with Crippen LogP contribution in [0, 0.1) is 0 Å². The van der Waals surface area contributed by atoms with E-state index < -0.39 is 0 Å². The van der Waals surface area contributed by atoms with Crippen molar-refractivity contribution in [3.63, 3.8) is 0 Å². The van der Waals surface area contributed by atoms with Crippen molar-refractivity contribution >= 4 is 27.5 Å². The summed E-state index contributed by atoms with van der Waals surface area (Å²) in [4.78, 5) is 11.6. The smallest absolute Gasteiger partial charge is 0.238 e. The number of amides is 1. The van der Waals surface area contributed by atoms with Crippen LogP contribution in [0.1, 0.15) is 5.56 Å². The summed E-state index contributed by atoms with van der Waals surface area (Å²) in [5.41, 5.74) is 1.81. The molecule has 0 saturated heterocycles. The largest absolute Gasteiger partial charge is 0.472 e. The number of rotatable bonds is 5. The van der Waals surface area contributed by atoms with Crippen molar-refractivity contribution < 1.29 is 9.21 Å². The standard InChI is InChI=1S/C13H13BrN2O2/c14-11-1-3-12(4-2-11)16-13(17)8-15-7-10-5-6-18-9-10/h1-6,9,15H,7-8H2,(H,16,17).